The minimum absolute atomic E-state index is 0.191. The van der Waals surface area contributed by atoms with Gasteiger partial charge in [0, 0.05) is 18.1 Å². The second kappa shape index (κ2) is 6.94. The number of hydrogen-bond donors (Lipinski definition) is 1. The summed E-state index contributed by atoms with van der Waals surface area (Å²) in [5, 5.41) is 3.49. The lowest BCUT2D eigenvalue weighted by atomic mass is 10.1. The molecule has 1 heterocycles. The fourth-order valence-corrected chi connectivity index (χ4v) is 2.85. The summed E-state index contributed by atoms with van der Waals surface area (Å²) >= 11 is 5.76. The molecule has 1 atom stereocenters. The van der Waals surface area contributed by atoms with Crippen molar-refractivity contribution < 1.29 is 17.6 Å². The zero-order valence-electron chi connectivity index (χ0n) is 11.4. The maximum absolute atomic E-state index is 13.1. The van der Waals surface area contributed by atoms with Gasteiger partial charge in [-0.2, -0.15) is 13.2 Å². The number of likely N-dealkylation sites (tertiary alicyclic amines) is 1. The van der Waals surface area contributed by atoms with Gasteiger partial charge in [-0.25, -0.2) is 4.39 Å². The topological polar surface area (TPSA) is 15.3 Å². The first-order valence-corrected chi connectivity index (χ1v) is 7.14. The Morgan fingerprint density at radius 1 is 1.29 bits per heavy atom. The van der Waals surface area contributed by atoms with Crippen molar-refractivity contribution in [3.8, 4) is 0 Å². The first-order chi connectivity index (χ1) is 9.82. The first kappa shape index (κ1) is 16.5. The SMILES string of the molecule is Fc1cc(Cl)cc(CNCC2CCN(CC(F)(F)F)C2)c1. The number of nitrogens with zero attached hydrogens (tertiary/aromatic N) is 1. The highest BCUT2D eigenvalue weighted by atomic mass is 35.5. The van der Waals surface area contributed by atoms with E-state index in [0.717, 1.165) is 12.0 Å². The molecule has 1 N–H and O–H groups in total. The number of rotatable bonds is 5. The highest BCUT2D eigenvalue weighted by molar-refractivity contribution is 6.30. The smallest absolute Gasteiger partial charge is 0.312 e. The maximum atomic E-state index is 13.1. The zero-order chi connectivity index (χ0) is 15.5. The molecule has 1 fully saturated rings. The van der Waals surface area contributed by atoms with Crippen molar-refractivity contribution >= 4 is 11.6 Å². The fraction of sp³-hybridized carbons (Fsp3) is 0.571. The van der Waals surface area contributed by atoms with E-state index in [4.69, 9.17) is 11.6 Å². The van der Waals surface area contributed by atoms with Crippen LogP contribution >= 0.6 is 11.6 Å². The van der Waals surface area contributed by atoms with Gasteiger partial charge in [0.25, 0.3) is 0 Å². The molecule has 1 aromatic rings. The van der Waals surface area contributed by atoms with Gasteiger partial charge < -0.3 is 5.32 Å². The Labute approximate surface area is 126 Å². The van der Waals surface area contributed by atoms with Crippen LogP contribution in [0.15, 0.2) is 18.2 Å². The fourth-order valence-electron chi connectivity index (χ4n) is 2.61. The van der Waals surface area contributed by atoms with Crippen molar-refractivity contribution in [1.82, 2.24) is 10.2 Å². The normalized spacial score (nSPS) is 20.1. The van der Waals surface area contributed by atoms with Crippen molar-refractivity contribution in [1.29, 1.82) is 0 Å². The van der Waals surface area contributed by atoms with Gasteiger partial charge in [-0.3, -0.25) is 4.90 Å². The molecule has 0 aromatic heterocycles. The molecule has 2 rings (SSSR count). The molecule has 7 heteroatoms. The van der Waals surface area contributed by atoms with Gasteiger partial charge in [-0.1, -0.05) is 11.6 Å². The Balaban J connectivity index is 1.72. The van der Waals surface area contributed by atoms with Crippen molar-refractivity contribution in [2.75, 3.05) is 26.2 Å². The third kappa shape index (κ3) is 5.80. The third-order valence-electron chi connectivity index (χ3n) is 3.46. The van der Waals surface area contributed by atoms with Crippen LogP contribution in [0.3, 0.4) is 0 Å². The molecule has 1 unspecified atom stereocenters. The molecular formula is C14H17ClF4N2. The Morgan fingerprint density at radius 2 is 2.05 bits per heavy atom. The van der Waals surface area contributed by atoms with Crippen molar-refractivity contribution in [2.24, 2.45) is 5.92 Å². The summed E-state index contributed by atoms with van der Waals surface area (Å²) in [5.41, 5.74) is 0.727. The monoisotopic (exact) mass is 324 g/mol. The van der Waals surface area contributed by atoms with E-state index in [-0.39, 0.29) is 5.92 Å². The quantitative estimate of drug-likeness (QED) is 0.835. The average molecular weight is 325 g/mol. The second-order valence-electron chi connectivity index (χ2n) is 5.41. The summed E-state index contributed by atoms with van der Waals surface area (Å²) in [6, 6.07) is 4.29. The van der Waals surface area contributed by atoms with Crippen LogP contribution in [0.2, 0.25) is 5.02 Å². The minimum Gasteiger partial charge on any atom is -0.312 e. The molecule has 1 aliphatic heterocycles. The van der Waals surface area contributed by atoms with Gasteiger partial charge in [0.05, 0.1) is 6.54 Å². The van der Waals surface area contributed by atoms with E-state index in [1.165, 1.54) is 17.0 Å². The maximum Gasteiger partial charge on any atom is 0.401 e. The van der Waals surface area contributed by atoms with Crippen LogP contribution < -0.4 is 5.32 Å². The highest BCUT2D eigenvalue weighted by Gasteiger charge is 2.34. The summed E-state index contributed by atoms with van der Waals surface area (Å²) in [6.45, 7) is 1.13. The molecule has 0 radical (unpaired) electrons. The first-order valence-electron chi connectivity index (χ1n) is 6.76. The third-order valence-corrected chi connectivity index (χ3v) is 3.68. The lowest BCUT2D eigenvalue weighted by Crippen LogP contribution is -2.33. The van der Waals surface area contributed by atoms with Crippen LogP contribution in [0.4, 0.5) is 17.6 Å². The lowest BCUT2D eigenvalue weighted by Gasteiger charge is -2.18. The standard InChI is InChI=1S/C14H17ClF4N2/c15-12-3-11(4-13(16)5-12)7-20-6-10-1-2-21(8-10)9-14(17,18)19/h3-5,10,20H,1-2,6-9H2. The van der Waals surface area contributed by atoms with Crippen molar-refractivity contribution in [2.45, 2.75) is 19.1 Å². The van der Waals surface area contributed by atoms with Crippen LogP contribution in [0.1, 0.15) is 12.0 Å². The summed E-state index contributed by atoms with van der Waals surface area (Å²) in [5.74, 6) is -0.201. The number of nitrogens with one attached hydrogen (secondary N) is 1. The molecule has 0 saturated carbocycles. The van der Waals surface area contributed by atoms with Crippen molar-refractivity contribution in [3.63, 3.8) is 0 Å². The van der Waals surface area contributed by atoms with E-state index in [9.17, 15) is 17.6 Å². The number of halogens is 5. The predicted molar refractivity (Wildman–Crippen MR) is 73.7 cm³/mol. The van der Waals surface area contributed by atoms with E-state index in [0.29, 0.717) is 31.2 Å². The van der Waals surface area contributed by atoms with Gasteiger partial charge in [0.1, 0.15) is 5.82 Å². The Hall–Kier alpha value is -0.850. The van der Waals surface area contributed by atoms with Crippen LogP contribution in [-0.4, -0.2) is 37.3 Å². The molecule has 21 heavy (non-hydrogen) atoms. The van der Waals surface area contributed by atoms with Gasteiger partial charge in [0.2, 0.25) is 0 Å². The molecule has 118 valence electrons. The van der Waals surface area contributed by atoms with Gasteiger partial charge in [0.15, 0.2) is 0 Å². The highest BCUT2D eigenvalue weighted by Crippen LogP contribution is 2.22. The van der Waals surface area contributed by atoms with Crippen LogP contribution in [0, 0.1) is 11.7 Å². The van der Waals surface area contributed by atoms with E-state index in [2.05, 4.69) is 5.32 Å². The largest absolute Gasteiger partial charge is 0.401 e. The Kier molecular flexibility index (Phi) is 5.46. The molecule has 1 aromatic carbocycles. The average Bonchev–Trinajstić information content (AvgIpc) is 2.73. The van der Waals surface area contributed by atoms with Crippen LogP contribution in [0.25, 0.3) is 0 Å². The van der Waals surface area contributed by atoms with Crippen molar-refractivity contribution in [3.05, 3.63) is 34.6 Å². The summed E-state index contributed by atoms with van der Waals surface area (Å²) in [6.07, 6.45) is -3.40. The van der Waals surface area contributed by atoms with Gasteiger partial charge in [-0.05, 0) is 49.2 Å². The zero-order valence-corrected chi connectivity index (χ0v) is 12.1. The lowest BCUT2D eigenvalue weighted by molar-refractivity contribution is -0.143. The summed E-state index contributed by atoms with van der Waals surface area (Å²) < 4.78 is 50.0. The number of benzene rings is 1. The predicted octanol–water partition coefficient (Wildman–Crippen LogP) is 3.45. The van der Waals surface area contributed by atoms with E-state index < -0.39 is 18.5 Å². The van der Waals surface area contributed by atoms with Crippen LogP contribution in [-0.2, 0) is 6.54 Å². The molecule has 0 aliphatic carbocycles. The molecule has 1 saturated heterocycles. The van der Waals surface area contributed by atoms with E-state index in [1.807, 2.05) is 0 Å². The second-order valence-corrected chi connectivity index (χ2v) is 5.85. The number of alkyl halides is 3. The van der Waals surface area contributed by atoms with E-state index >= 15 is 0 Å². The Bertz CT molecular complexity index is 458. The molecule has 1 aliphatic rings. The summed E-state index contributed by atoms with van der Waals surface area (Å²) in [4.78, 5) is 1.42. The van der Waals surface area contributed by atoms with Crippen LogP contribution in [0.5, 0.6) is 0 Å². The minimum atomic E-state index is -4.14. The van der Waals surface area contributed by atoms with Gasteiger partial charge >= 0.3 is 6.18 Å². The molecule has 2 nitrogen and oxygen atoms in total. The molecule has 0 amide bonds. The summed E-state index contributed by atoms with van der Waals surface area (Å²) in [7, 11) is 0. The Morgan fingerprint density at radius 3 is 2.71 bits per heavy atom. The molecular weight excluding hydrogens is 308 g/mol. The number of hydrogen-bond acceptors (Lipinski definition) is 2. The van der Waals surface area contributed by atoms with Gasteiger partial charge in [-0.15, -0.1) is 0 Å². The van der Waals surface area contributed by atoms with E-state index in [1.54, 1.807) is 6.07 Å². The molecule has 0 bridgehead atoms. The molecule has 0 spiro atoms.